The molecule has 5 aliphatic rings. The molecule has 5 heterocycles. The first-order chi connectivity index (χ1) is 35.5. The molecule has 34 heteroatoms. The van der Waals surface area contributed by atoms with E-state index >= 15 is 0 Å². The van der Waals surface area contributed by atoms with E-state index in [-0.39, 0.29) is 6.41 Å². The molecule has 5 saturated heterocycles. The van der Waals surface area contributed by atoms with E-state index in [9.17, 15) is 106 Å². The molecular weight excluding hydrogens is 1030 g/mol. The summed E-state index contributed by atoms with van der Waals surface area (Å²) < 4.78 is 56.8. The van der Waals surface area contributed by atoms with Crippen molar-refractivity contribution in [3.63, 3.8) is 0 Å². The summed E-state index contributed by atoms with van der Waals surface area (Å²) in [5, 5.41) is 189. The summed E-state index contributed by atoms with van der Waals surface area (Å²) in [5.41, 5.74) is 0. The maximum absolute atomic E-state index is 13.0. The molecule has 5 rings (SSSR count). The number of carboxylic acids is 1. The minimum atomic E-state index is -3.18. The molecule has 0 bridgehead atoms. The number of amides is 3. The predicted octanol–water partition coefficient (Wildman–Crippen LogP) is -13.3. The molecule has 0 unspecified atom stereocenters. The summed E-state index contributed by atoms with van der Waals surface area (Å²) in [6.07, 6.45) is -47.0. The molecule has 0 radical (unpaired) electrons. The molecule has 27 atom stereocenters. The number of aliphatic carboxylic acids is 1. The van der Waals surface area contributed by atoms with Gasteiger partial charge in [-0.1, -0.05) is 0 Å². The van der Waals surface area contributed by atoms with Crippen LogP contribution in [-0.4, -0.2) is 322 Å². The van der Waals surface area contributed by atoms with Crippen LogP contribution in [-0.2, 0) is 66.5 Å². The van der Waals surface area contributed by atoms with Crippen LogP contribution in [0.15, 0.2) is 0 Å². The zero-order valence-corrected chi connectivity index (χ0v) is 40.1. The number of aliphatic hydroxyl groups is 16. The van der Waals surface area contributed by atoms with Crippen LogP contribution in [0.1, 0.15) is 20.3 Å². The maximum atomic E-state index is 13.0. The molecule has 0 aromatic heterocycles. The number of nitrogens with one attached hydrogen (secondary N) is 3. The Bertz CT molecular complexity index is 1830. The van der Waals surface area contributed by atoms with Crippen LogP contribution in [0.5, 0.6) is 0 Å². The SMILES string of the molecule is CC(=O)N[C@H]1[C@H](O[C@H]2[C@@H](O)[C@@H](CO)O[C@@H](O[C@H]3[C@H](O)[C@@H](O)[C@H](OC[C@@H](CO)NC=O)O[C@@H]3CO)[C@@H]2O)O[C@H](CO)[C@H](O[C@@H]2O[C@H](CO)[C@H](O)[C@H](O[C@]3(C(=O)O)C[C@H](O)[C@@H](NC(C)=O)[C@H]([C@H](O)[C@H](O)CO)O3)[C@H]2O)[C@@H]1O. The van der Waals surface area contributed by atoms with E-state index in [1.807, 2.05) is 0 Å². The van der Waals surface area contributed by atoms with Crippen LogP contribution >= 0.6 is 0 Å². The van der Waals surface area contributed by atoms with E-state index in [1.54, 1.807) is 0 Å². The Labute approximate surface area is 424 Å². The Morgan fingerprint density at radius 3 is 1.57 bits per heavy atom. The molecule has 0 saturated carbocycles. The lowest BCUT2D eigenvalue weighted by atomic mass is 9.88. The van der Waals surface area contributed by atoms with E-state index < -0.39 is 236 Å². The number of carbonyl (C=O) groups excluding carboxylic acids is 3. The topological polar surface area (TPSA) is 541 Å². The van der Waals surface area contributed by atoms with Crippen molar-refractivity contribution < 1.29 is 153 Å². The van der Waals surface area contributed by atoms with Crippen LogP contribution in [0.2, 0.25) is 0 Å². The normalized spacial score (nSPS) is 43.7. The van der Waals surface area contributed by atoms with Crippen molar-refractivity contribution in [1.29, 1.82) is 0 Å². The Morgan fingerprint density at radius 2 is 1.08 bits per heavy atom. The monoisotopic (exact) mass is 1100 g/mol. The molecule has 34 nitrogen and oxygen atoms in total. The molecule has 434 valence electrons. The highest BCUT2D eigenvalue weighted by atomic mass is 16.8. The predicted molar refractivity (Wildman–Crippen MR) is 231 cm³/mol. The number of aliphatic hydroxyl groups excluding tert-OH is 16. The molecule has 5 aliphatic heterocycles. The summed E-state index contributed by atoms with van der Waals surface area (Å²) in [7, 11) is 0. The number of carboxylic acid groups (broad SMARTS) is 1. The van der Waals surface area contributed by atoms with E-state index in [0.29, 0.717) is 0 Å². The van der Waals surface area contributed by atoms with Gasteiger partial charge in [-0.15, -0.1) is 0 Å². The molecule has 0 aromatic rings. The number of hydrogen-bond donors (Lipinski definition) is 20. The summed E-state index contributed by atoms with van der Waals surface area (Å²) in [4.78, 5) is 48.4. The van der Waals surface area contributed by atoms with Crippen molar-refractivity contribution in [2.75, 3.05) is 46.2 Å². The summed E-state index contributed by atoms with van der Waals surface area (Å²) in [6, 6.07) is -4.48. The fourth-order valence-electron chi connectivity index (χ4n) is 9.12. The lowest BCUT2D eigenvalue weighted by Crippen LogP contribution is -2.71. The second kappa shape index (κ2) is 27.6. The van der Waals surface area contributed by atoms with Crippen molar-refractivity contribution in [2.45, 2.75) is 185 Å². The van der Waals surface area contributed by atoms with E-state index in [4.69, 9.17) is 47.4 Å². The molecule has 0 spiro atoms. The quantitative estimate of drug-likeness (QED) is 0.0399. The fourth-order valence-corrected chi connectivity index (χ4v) is 9.12. The Morgan fingerprint density at radius 1 is 0.600 bits per heavy atom. The third-order valence-electron chi connectivity index (χ3n) is 13.1. The molecular formula is C41H69N3O31. The third-order valence-corrected chi connectivity index (χ3v) is 13.1. The third kappa shape index (κ3) is 14.2. The van der Waals surface area contributed by atoms with Gasteiger partial charge in [-0.3, -0.25) is 14.4 Å². The van der Waals surface area contributed by atoms with Gasteiger partial charge in [-0.2, -0.15) is 0 Å². The van der Waals surface area contributed by atoms with Crippen molar-refractivity contribution in [3.05, 3.63) is 0 Å². The standard InChI is InChI=1S/C41H69N3O31/c1-12(52)43-21-15(54)3-41(40(64)65,74-33(21)23(56)16(55)5-46)75-35-25(58)18(7-48)68-39(30(35)63)71-31-19(8-49)69-36(22(26(31)59)44-13(2)53)73-34-24(57)17(6-47)67-38(29(34)62)72-32-20(9-50)70-37(28(61)27(32)60)66-10-14(4-45)42-11-51/h11,14-39,45-50,54-63H,3-10H2,1-2H3,(H,42,51)(H,43,52)(H,44,53)(H,64,65)/t14-,15+,16-,17-,18-,19-,20-,21-,22-,23-,24+,25+,26-,27-,28-,29-,30-,31+,32-,33-,34+,35+,36+,37-,38+,39+,41+/m1/s1. The molecule has 20 N–H and O–H groups in total. The fraction of sp³-hybridized carbons (Fsp3) is 0.902. The second-order valence-electron chi connectivity index (χ2n) is 18.3. The lowest BCUT2D eigenvalue weighted by molar-refractivity contribution is -0.390. The van der Waals surface area contributed by atoms with Gasteiger partial charge in [-0.25, -0.2) is 4.79 Å². The second-order valence-corrected chi connectivity index (χ2v) is 18.3. The first kappa shape index (κ1) is 62.7. The van der Waals surface area contributed by atoms with Gasteiger partial charge in [0, 0.05) is 20.3 Å². The number of ether oxygens (including phenoxy) is 10. The molecule has 3 amide bonds. The Kier molecular flexibility index (Phi) is 23.1. The summed E-state index contributed by atoms with van der Waals surface area (Å²) in [6.45, 7) is -4.38. The first-order valence-corrected chi connectivity index (χ1v) is 23.4. The van der Waals surface area contributed by atoms with Crippen LogP contribution in [0.4, 0.5) is 0 Å². The highest BCUT2D eigenvalue weighted by Crippen LogP contribution is 2.39. The molecule has 5 fully saturated rings. The van der Waals surface area contributed by atoms with Crippen molar-refractivity contribution in [1.82, 2.24) is 16.0 Å². The summed E-state index contributed by atoms with van der Waals surface area (Å²) >= 11 is 0. The Hall–Kier alpha value is -3.16. The van der Waals surface area contributed by atoms with E-state index in [1.165, 1.54) is 0 Å². The van der Waals surface area contributed by atoms with Crippen LogP contribution in [0.3, 0.4) is 0 Å². The Balaban J connectivity index is 1.37. The van der Waals surface area contributed by atoms with Crippen molar-refractivity contribution in [2.24, 2.45) is 0 Å². The van der Waals surface area contributed by atoms with Gasteiger partial charge in [0.25, 0.3) is 5.79 Å². The maximum Gasteiger partial charge on any atom is 0.364 e. The largest absolute Gasteiger partial charge is 0.477 e. The van der Waals surface area contributed by atoms with E-state index in [0.717, 1.165) is 13.8 Å². The van der Waals surface area contributed by atoms with Gasteiger partial charge < -0.3 is 150 Å². The number of rotatable bonds is 24. The smallest absolute Gasteiger partial charge is 0.364 e. The number of hydrogen-bond acceptors (Lipinski definition) is 30. The van der Waals surface area contributed by atoms with Crippen LogP contribution < -0.4 is 16.0 Å². The van der Waals surface area contributed by atoms with Crippen molar-refractivity contribution >= 4 is 24.2 Å². The minimum Gasteiger partial charge on any atom is -0.477 e. The van der Waals surface area contributed by atoms with Crippen LogP contribution in [0, 0.1) is 0 Å². The minimum absolute atomic E-state index is 0.270. The van der Waals surface area contributed by atoms with Gasteiger partial charge in [0.1, 0.15) is 116 Å². The lowest BCUT2D eigenvalue weighted by Gasteiger charge is -2.51. The van der Waals surface area contributed by atoms with Gasteiger partial charge in [0.05, 0.1) is 64.4 Å². The average molecular weight is 1100 g/mol. The molecule has 75 heavy (non-hydrogen) atoms. The highest BCUT2D eigenvalue weighted by Gasteiger charge is 2.61. The average Bonchev–Trinajstić information content (AvgIpc) is 3.37. The van der Waals surface area contributed by atoms with Crippen molar-refractivity contribution in [3.8, 4) is 0 Å². The van der Waals surface area contributed by atoms with Gasteiger partial charge in [-0.05, 0) is 0 Å². The van der Waals surface area contributed by atoms with Gasteiger partial charge >= 0.3 is 5.97 Å². The molecule has 0 aromatic carbocycles. The first-order valence-electron chi connectivity index (χ1n) is 23.4. The molecule has 0 aliphatic carbocycles. The van der Waals surface area contributed by atoms with Crippen LogP contribution in [0.25, 0.3) is 0 Å². The van der Waals surface area contributed by atoms with E-state index in [2.05, 4.69) is 16.0 Å². The van der Waals surface area contributed by atoms with Gasteiger partial charge in [0.15, 0.2) is 25.2 Å². The summed E-state index contributed by atoms with van der Waals surface area (Å²) in [5.74, 6) is -6.97. The number of carbonyl (C=O) groups is 4. The zero-order valence-electron chi connectivity index (χ0n) is 40.1. The highest BCUT2D eigenvalue weighted by molar-refractivity contribution is 5.76. The zero-order chi connectivity index (χ0) is 55.8. The van der Waals surface area contributed by atoms with Gasteiger partial charge in [0.2, 0.25) is 18.2 Å².